The Kier molecular flexibility index (Phi) is 4.74. The Morgan fingerprint density at radius 3 is 2.34 bits per heavy atom. The van der Waals surface area contributed by atoms with Gasteiger partial charge < -0.3 is 15.1 Å². The molecule has 0 saturated carbocycles. The summed E-state index contributed by atoms with van der Waals surface area (Å²) in [6, 6.07) is 22.8. The van der Waals surface area contributed by atoms with E-state index in [0.717, 1.165) is 59.4 Å². The van der Waals surface area contributed by atoms with Crippen LogP contribution in [0.1, 0.15) is 0 Å². The van der Waals surface area contributed by atoms with E-state index in [-0.39, 0.29) is 0 Å². The maximum atomic E-state index is 6.30. The highest BCUT2D eigenvalue weighted by Gasteiger charge is 2.14. The van der Waals surface area contributed by atoms with Crippen molar-refractivity contribution in [1.29, 1.82) is 0 Å². The van der Waals surface area contributed by atoms with Crippen molar-refractivity contribution < 1.29 is 0 Å². The normalized spacial score (nSPS) is 15.2. The third kappa shape index (κ3) is 3.61. The fourth-order valence-electron chi connectivity index (χ4n) is 3.96. The lowest BCUT2D eigenvalue weighted by atomic mass is 10.1. The van der Waals surface area contributed by atoms with Crippen LogP contribution in [-0.4, -0.2) is 43.1 Å². The topological polar surface area (TPSA) is 31.4 Å². The number of rotatable bonds is 3. The largest absolute Gasteiger partial charge is 0.369 e. The monoisotopic (exact) mass is 402 g/mol. The van der Waals surface area contributed by atoms with Crippen molar-refractivity contribution >= 4 is 50.5 Å². The van der Waals surface area contributed by atoms with E-state index in [0.29, 0.717) is 5.02 Å². The number of para-hydroxylation sites is 1. The van der Waals surface area contributed by atoms with E-state index in [1.54, 1.807) is 0 Å². The quantitative estimate of drug-likeness (QED) is 0.456. The van der Waals surface area contributed by atoms with Crippen LogP contribution in [0.3, 0.4) is 0 Å². The SMILES string of the molecule is CN1CCN(c2ccc(Nc3c4ccccc4nc4ccc(Cl)cc34)cc2)CC1. The highest BCUT2D eigenvalue weighted by atomic mass is 35.5. The van der Waals surface area contributed by atoms with Crippen LogP contribution in [0.25, 0.3) is 21.8 Å². The number of fused-ring (bicyclic) bond motifs is 2. The van der Waals surface area contributed by atoms with E-state index in [2.05, 4.69) is 52.5 Å². The minimum atomic E-state index is 0.711. The number of nitrogens with zero attached hydrogens (tertiary/aromatic N) is 3. The van der Waals surface area contributed by atoms with Crippen molar-refractivity contribution in [1.82, 2.24) is 9.88 Å². The first-order valence-electron chi connectivity index (χ1n) is 9.96. The predicted molar refractivity (Wildman–Crippen MR) is 124 cm³/mol. The van der Waals surface area contributed by atoms with Crippen molar-refractivity contribution in [2.45, 2.75) is 0 Å². The fourth-order valence-corrected chi connectivity index (χ4v) is 4.13. The highest BCUT2D eigenvalue weighted by molar-refractivity contribution is 6.31. The van der Waals surface area contributed by atoms with Crippen LogP contribution in [-0.2, 0) is 0 Å². The summed E-state index contributed by atoms with van der Waals surface area (Å²) in [6.07, 6.45) is 0. The smallest absolute Gasteiger partial charge is 0.0731 e. The van der Waals surface area contributed by atoms with E-state index >= 15 is 0 Å². The predicted octanol–water partition coefficient (Wildman–Crippen LogP) is 5.54. The lowest BCUT2D eigenvalue weighted by Gasteiger charge is -2.34. The number of hydrogen-bond acceptors (Lipinski definition) is 4. The second kappa shape index (κ2) is 7.54. The molecular weight excluding hydrogens is 380 g/mol. The molecule has 1 saturated heterocycles. The molecular formula is C24H23ClN4. The van der Waals surface area contributed by atoms with E-state index in [1.807, 2.05) is 36.4 Å². The highest BCUT2D eigenvalue weighted by Crippen LogP contribution is 2.34. The molecule has 146 valence electrons. The van der Waals surface area contributed by atoms with Crippen molar-refractivity contribution in [2.75, 3.05) is 43.4 Å². The van der Waals surface area contributed by atoms with Gasteiger partial charge in [-0.25, -0.2) is 4.98 Å². The number of piperazine rings is 1. The lowest BCUT2D eigenvalue weighted by Crippen LogP contribution is -2.44. The Morgan fingerprint density at radius 2 is 1.55 bits per heavy atom. The first-order valence-corrected chi connectivity index (χ1v) is 10.3. The molecule has 4 aromatic rings. The first-order chi connectivity index (χ1) is 14.2. The molecule has 1 N–H and O–H groups in total. The number of hydrogen-bond donors (Lipinski definition) is 1. The molecule has 1 aromatic heterocycles. The van der Waals surface area contributed by atoms with E-state index in [9.17, 15) is 0 Å². The minimum absolute atomic E-state index is 0.711. The van der Waals surface area contributed by atoms with Crippen molar-refractivity contribution in [3.63, 3.8) is 0 Å². The van der Waals surface area contributed by atoms with Crippen molar-refractivity contribution in [3.8, 4) is 0 Å². The molecule has 0 aliphatic carbocycles. The zero-order chi connectivity index (χ0) is 19.8. The van der Waals surface area contributed by atoms with Crippen LogP contribution < -0.4 is 10.2 Å². The number of pyridine rings is 1. The average molecular weight is 403 g/mol. The van der Waals surface area contributed by atoms with Crippen LogP contribution in [0.2, 0.25) is 5.02 Å². The van der Waals surface area contributed by atoms with Gasteiger partial charge in [0.05, 0.1) is 16.7 Å². The molecule has 5 rings (SSSR count). The number of anilines is 3. The number of nitrogens with one attached hydrogen (secondary N) is 1. The summed E-state index contributed by atoms with van der Waals surface area (Å²) in [4.78, 5) is 9.61. The maximum Gasteiger partial charge on any atom is 0.0731 e. The van der Waals surface area contributed by atoms with Gasteiger partial charge in [-0.1, -0.05) is 29.8 Å². The van der Waals surface area contributed by atoms with E-state index < -0.39 is 0 Å². The third-order valence-electron chi connectivity index (χ3n) is 5.65. The molecule has 3 aromatic carbocycles. The molecule has 0 amide bonds. The van der Waals surface area contributed by atoms with Crippen molar-refractivity contribution in [3.05, 3.63) is 71.8 Å². The summed E-state index contributed by atoms with van der Waals surface area (Å²) in [5, 5.41) is 6.46. The molecule has 0 bridgehead atoms. The molecule has 0 radical (unpaired) electrons. The fraction of sp³-hybridized carbons (Fsp3) is 0.208. The molecule has 1 aliphatic heterocycles. The second-order valence-electron chi connectivity index (χ2n) is 7.63. The number of aromatic nitrogens is 1. The zero-order valence-electron chi connectivity index (χ0n) is 16.4. The molecule has 2 heterocycles. The Labute approximate surface area is 175 Å². The molecule has 4 nitrogen and oxygen atoms in total. The van der Waals surface area contributed by atoms with Gasteiger partial charge in [0.25, 0.3) is 0 Å². The average Bonchev–Trinajstić information content (AvgIpc) is 2.75. The molecule has 0 atom stereocenters. The zero-order valence-corrected chi connectivity index (χ0v) is 17.2. The minimum Gasteiger partial charge on any atom is -0.369 e. The Balaban J connectivity index is 1.51. The molecule has 0 unspecified atom stereocenters. The van der Waals surface area contributed by atoms with Gasteiger partial charge in [-0.15, -0.1) is 0 Å². The van der Waals surface area contributed by atoms with Gasteiger partial charge in [0.1, 0.15) is 0 Å². The number of likely N-dealkylation sites (N-methyl/N-ethyl adjacent to an activating group) is 1. The van der Waals surface area contributed by atoms with Gasteiger partial charge in [0, 0.05) is 53.3 Å². The second-order valence-corrected chi connectivity index (χ2v) is 8.06. The summed E-state index contributed by atoms with van der Waals surface area (Å²) in [5.41, 5.74) is 5.28. The van der Waals surface area contributed by atoms with Gasteiger partial charge in [-0.05, 0) is 55.6 Å². The van der Waals surface area contributed by atoms with Crippen LogP contribution >= 0.6 is 11.6 Å². The van der Waals surface area contributed by atoms with Crippen LogP contribution in [0.4, 0.5) is 17.1 Å². The molecule has 5 heteroatoms. The summed E-state index contributed by atoms with van der Waals surface area (Å²) < 4.78 is 0. The number of benzene rings is 3. The van der Waals surface area contributed by atoms with Gasteiger partial charge in [-0.2, -0.15) is 0 Å². The lowest BCUT2D eigenvalue weighted by molar-refractivity contribution is 0.313. The maximum absolute atomic E-state index is 6.30. The van der Waals surface area contributed by atoms with Gasteiger partial charge >= 0.3 is 0 Å². The van der Waals surface area contributed by atoms with Gasteiger partial charge in [0.15, 0.2) is 0 Å². The van der Waals surface area contributed by atoms with Crippen LogP contribution in [0, 0.1) is 0 Å². The Bertz CT molecular complexity index is 1160. The standard InChI is InChI=1S/C24H23ClN4/c1-28-12-14-29(15-13-28)19-9-7-18(8-10-19)26-24-20-4-2-3-5-22(20)27-23-11-6-17(25)16-21(23)24/h2-11,16H,12-15H2,1H3,(H,26,27). The van der Waals surface area contributed by atoms with Crippen molar-refractivity contribution in [2.24, 2.45) is 0 Å². The number of halogens is 1. The Hall–Kier alpha value is -2.82. The summed E-state index contributed by atoms with van der Waals surface area (Å²) in [7, 11) is 2.18. The molecule has 1 fully saturated rings. The van der Waals surface area contributed by atoms with E-state index in [4.69, 9.17) is 16.6 Å². The first kappa shape index (κ1) is 18.2. The molecule has 0 spiro atoms. The van der Waals surface area contributed by atoms with Crippen LogP contribution in [0.5, 0.6) is 0 Å². The van der Waals surface area contributed by atoms with E-state index in [1.165, 1.54) is 5.69 Å². The summed E-state index contributed by atoms with van der Waals surface area (Å²) in [5.74, 6) is 0. The molecule has 29 heavy (non-hydrogen) atoms. The molecule has 1 aliphatic rings. The van der Waals surface area contributed by atoms with Crippen LogP contribution in [0.15, 0.2) is 66.7 Å². The Morgan fingerprint density at radius 1 is 0.828 bits per heavy atom. The van der Waals surface area contributed by atoms with Gasteiger partial charge in [0.2, 0.25) is 0 Å². The summed E-state index contributed by atoms with van der Waals surface area (Å²) in [6.45, 7) is 4.36. The summed E-state index contributed by atoms with van der Waals surface area (Å²) >= 11 is 6.30. The van der Waals surface area contributed by atoms with Gasteiger partial charge in [-0.3, -0.25) is 0 Å². The third-order valence-corrected chi connectivity index (χ3v) is 5.88.